The summed E-state index contributed by atoms with van der Waals surface area (Å²) in [5.74, 6) is 0.175. The maximum absolute atomic E-state index is 12.8. The molecule has 0 radical (unpaired) electrons. The van der Waals surface area contributed by atoms with Crippen molar-refractivity contribution in [2.75, 3.05) is 0 Å². The Labute approximate surface area is 139 Å². The summed E-state index contributed by atoms with van der Waals surface area (Å²) in [5.41, 5.74) is 3.00. The Balaban J connectivity index is 2.01. The van der Waals surface area contributed by atoms with Crippen LogP contribution in [0, 0.1) is 0 Å². The van der Waals surface area contributed by atoms with Gasteiger partial charge < -0.3 is 0 Å². The molecule has 2 heteroatoms. The number of rotatable bonds is 4. The normalized spacial score (nSPS) is 10.8. The van der Waals surface area contributed by atoms with Crippen LogP contribution in [0.1, 0.15) is 28.4 Å². The van der Waals surface area contributed by atoms with Crippen molar-refractivity contribution in [3.8, 4) is 0 Å². The lowest BCUT2D eigenvalue weighted by atomic mass is 9.94. The summed E-state index contributed by atoms with van der Waals surface area (Å²) < 4.78 is 0.988. The first kappa shape index (κ1) is 15.0. The SMILES string of the molecule is CCc1cc2ccccc2cc1C(=O)Cc1ccccc1Br. The van der Waals surface area contributed by atoms with Gasteiger partial charge >= 0.3 is 0 Å². The standard InChI is InChI=1S/C20H17BrO/c1-2-14-11-15-7-3-4-8-16(15)12-18(14)20(22)13-17-9-5-6-10-19(17)21/h3-12H,2,13H2,1H3. The highest BCUT2D eigenvalue weighted by Gasteiger charge is 2.13. The zero-order valence-electron chi connectivity index (χ0n) is 12.5. The van der Waals surface area contributed by atoms with Crippen LogP contribution in [0.2, 0.25) is 0 Å². The molecule has 0 aromatic heterocycles. The summed E-state index contributed by atoms with van der Waals surface area (Å²) in [5, 5.41) is 2.31. The Hall–Kier alpha value is -1.93. The first-order valence-corrected chi connectivity index (χ1v) is 8.26. The van der Waals surface area contributed by atoms with E-state index in [0.29, 0.717) is 6.42 Å². The van der Waals surface area contributed by atoms with Crippen molar-refractivity contribution in [2.24, 2.45) is 0 Å². The monoisotopic (exact) mass is 352 g/mol. The molecule has 110 valence electrons. The highest BCUT2D eigenvalue weighted by atomic mass is 79.9. The minimum atomic E-state index is 0.175. The second kappa shape index (κ2) is 6.45. The summed E-state index contributed by atoms with van der Waals surface area (Å²) in [6, 6.07) is 20.3. The highest BCUT2D eigenvalue weighted by molar-refractivity contribution is 9.10. The van der Waals surface area contributed by atoms with Gasteiger partial charge in [0.1, 0.15) is 0 Å². The summed E-state index contributed by atoms with van der Waals surface area (Å²) in [7, 11) is 0. The number of carbonyl (C=O) groups excluding carboxylic acids is 1. The van der Waals surface area contributed by atoms with E-state index in [1.165, 1.54) is 5.39 Å². The molecule has 0 aliphatic heterocycles. The van der Waals surface area contributed by atoms with Gasteiger partial charge in [0.15, 0.2) is 5.78 Å². The quantitative estimate of drug-likeness (QED) is 0.559. The zero-order valence-corrected chi connectivity index (χ0v) is 14.1. The number of fused-ring (bicyclic) bond motifs is 1. The van der Waals surface area contributed by atoms with Crippen LogP contribution in [0.15, 0.2) is 65.1 Å². The van der Waals surface area contributed by atoms with Crippen LogP contribution in [0.3, 0.4) is 0 Å². The molecule has 0 unspecified atom stereocenters. The van der Waals surface area contributed by atoms with Gasteiger partial charge in [-0.25, -0.2) is 0 Å². The van der Waals surface area contributed by atoms with Crippen LogP contribution in [-0.4, -0.2) is 5.78 Å². The van der Waals surface area contributed by atoms with Crippen LogP contribution in [0.5, 0.6) is 0 Å². The molecular weight excluding hydrogens is 336 g/mol. The molecule has 3 aromatic carbocycles. The van der Waals surface area contributed by atoms with Gasteiger partial charge in [-0.1, -0.05) is 71.4 Å². The van der Waals surface area contributed by atoms with Gasteiger partial charge in [-0.3, -0.25) is 4.79 Å². The van der Waals surface area contributed by atoms with Gasteiger partial charge in [0, 0.05) is 16.5 Å². The van der Waals surface area contributed by atoms with E-state index in [9.17, 15) is 4.79 Å². The van der Waals surface area contributed by atoms with Crippen LogP contribution in [-0.2, 0) is 12.8 Å². The molecule has 0 saturated carbocycles. The topological polar surface area (TPSA) is 17.1 Å². The number of halogens is 1. The fraction of sp³-hybridized carbons (Fsp3) is 0.150. The van der Waals surface area contributed by atoms with Crippen molar-refractivity contribution in [1.29, 1.82) is 0 Å². The van der Waals surface area contributed by atoms with Crippen molar-refractivity contribution >= 4 is 32.5 Å². The van der Waals surface area contributed by atoms with Crippen molar-refractivity contribution in [3.05, 3.63) is 81.8 Å². The van der Waals surface area contributed by atoms with Gasteiger partial charge in [-0.05, 0) is 40.5 Å². The van der Waals surface area contributed by atoms with E-state index in [1.807, 2.05) is 42.5 Å². The van der Waals surface area contributed by atoms with E-state index in [4.69, 9.17) is 0 Å². The second-order valence-electron chi connectivity index (χ2n) is 5.40. The average molecular weight is 353 g/mol. The van der Waals surface area contributed by atoms with Gasteiger partial charge in [0.05, 0.1) is 0 Å². The molecule has 0 atom stereocenters. The van der Waals surface area contributed by atoms with E-state index in [-0.39, 0.29) is 5.78 Å². The average Bonchev–Trinajstić information content (AvgIpc) is 2.55. The number of benzene rings is 3. The Morgan fingerprint density at radius 1 is 0.909 bits per heavy atom. The van der Waals surface area contributed by atoms with Crippen molar-refractivity contribution in [2.45, 2.75) is 19.8 Å². The minimum absolute atomic E-state index is 0.175. The molecule has 0 amide bonds. The largest absolute Gasteiger partial charge is 0.294 e. The minimum Gasteiger partial charge on any atom is -0.294 e. The molecule has 0 aliphatic carbocycles. The third kappa shape index (κ3) is 2.97. The van der Waals surface area contributed by atoms with Crippen LogP contribution in [0.25, 0.3) is 10.8 Å². The molecule has 3 aromatic rings. The van der Waals surface area contributed by atoms with Gasteiger partial charge in [-0.15, -0.1) is 0 Å². The van der Waals surface area contributed by atoms with E-state index < -0.39 is 0 Å². The number of hydrogen-bond acceptors (Lipinski definition) is 1. The molecule has 0 spiro atoms. The smallest absolute Gasteiger partial charge is 0.167 e. The Kier molecular flexibility index (Phi) is 4.39. The number of hydrogen-bond donors (Lipinski definition) is 0. The van der Waals surface area contributed by atoms with Gasteiger partial charge in [-0.2, -0.15) is 0 Å². The third-order valence-electron chi connectivity index (χ3n) is 3.96. The highest BCUT2D eigenvalue weighted by Crippen LogP contribution is 2.24. The predicted molar refractivity (Wildman–Crippen MR) is 95.5 cm³/mol. The Morgan fingerprint density at radius 3 is 2.23 bits per heavy atom. The number of aryl methyl sites for hydroxylation is 1. The fourth-order valence-corrected chi connectivity index (χ4v) is 3.17. The molecule has 3 rings (SSSR count). The van der Waals surface area contributed by atoms with Gasteiger partial charge in [0.25, 0.3) is 0 Å². The van der Waals surface area contributed by atoms with Gasteiger partial charge in [0.2, 0.25) is 0 Å². The number of Topliss-reactive ketones (excluding diaryl/α,β-unsaturated/α-hetero) is 1. The molecule has 0 N–H and O–H groups in total. The molecule has 0 heterocycles. The summed E-state index contributed by atoms with van der Waals surface area (Å²) >= 11 is 3.52. The third-order valence-corrected chi connectivity index (χ3v) is 4.74. The van der Waals surface area contributed by atoms with Crippen LogP contribution < -0.4 is 0 Å². The van der Waals surface area contributed by atoms with E-state index >= 15 is 0 Å². The maximum Gasteiger partial charge on any atom is 0.167 e. The van der Waals surface area contributed by atoms with Crippen molar-refractivity contribution < 1.29 is 4.79 Å². The number of carbonyl (C=O) groups is 1. The van der Waals surface area contributed by atoms with E-state index in [1.54, 1.807) is 0 Å². The van der Waals surface area contributed by atoms with Crippen LogP contribution in [0.4, 0.5) is 0 Å². The summed E-state index contributed by atoms with van der Waals surface area (Å²) in [4.78, 5) is 12.8. The first-order valence-electron chi connectivity index (χ1n) is 7.47. The molecule has 0 fully saturated rings. The molecular formula is C20H17BrO. The van der Waals surface area contributed by atoms with Crippen molar-refractivity contribution in [1.82, 2.24) is 0 Å². The van der Waals surface area contributed by atoms with E-state index in [2.05, 4.69) is 41.1 Å². The molecule has 0 saturated heterocycles. The Bertz CT molecular complexity index is 836. The zero-order chi connectivity index (χ0) is 15.5. The maximum atomic E-state index is 12.8. The Morgan fingerprint density at radius 2 is 1.55 bits per heavy atom. The van der Waals surface area contributed by atoms with Crippen LogP contribution >= 0.6 is 15.9 Å². The molecule has 1 nitrogen and oxygen atoms in total. The number of ketones is 1. The second-order valence-corrected chi connectivity index (χ2v) is 6.26. The first-order chi connectivity index (χ1) is 10.7. The molecule has 22 heavy (non-hydrogen) atoms. The molecule has 0 bridgehead atoms. The fourth-order valence-electron chi connectivity index (χ4n) is 2.75. The lowest BCUT2D eigenvalue weighted by Gasteiger charge is -2.10. The summed E-state index contributed by atoms with van der Waals surface area (Å²) in [6.45, 7) is 2.10. The van der Waals surface area contributed by atoms with Crippen molar-refractivity contribution in [3.63, 3.8) is 0 Å². The molecule has 0 aliphatic rings. The predicted octanol–water partition coefficient (Wildman–Crippen LogP) is 5.59. The van der Waals surface area contributed by atoms with E-state index in [0.717, 1.165) is 33.0 Å². The lowest BCUT2D eigenvalue weighted by Crippen LogP contribution is -2.07. The lowest BCUT2D eigenvalue weighted by molar-refractivity contribution is 0.0992. The summed E-state index contributed by atoms with van der Waals surface area (Å²) in [6.07, 6.45) is 1.29.